The van der Waals surface area contributed by atoms with Crippen LogP contribution in [0.2, 0.25) is 0 Å². The Bertz CT molecular complexity index is 321. The van der Waals surface area contributed by atoms with Crippen LogP contribution in [-0.2, 0) is 6.54 Å². The second-order valence-corrected chi connectivity index (χ2v) is 3.64. The van der Waals surface area contributed by atoms with Crippen molar-refractivity contribution in [3.05, 3.63) is 11.9 Å². The smallest absolute Gasteiger partial charge is 0.323 e. The van der Waals surface area contributed by atoms with E-state index in [1.807, 2.05) is 6.92 Å². The molecule has 1 aromatic heterocycles. The Morgan fingerprint density at radius 3 is 2.75 bits per heavy atom. The van der Waals surface area contributed by atoms with Gasteiger partial charge in [-0.05, 0) is 12.8 Å². The Morgan fingerprint density at radius 1 is 1.50 bits per heavy atom. The normalized spacial score (nSPS) is 14.1. The van der Waals surface area contributed by atoms with Gasteiger partial charge in [-0.15, -0.1) is 5.10 Å². The Kier molecular flexibility index (Phi) is 4.28. The maximum absolute atomic E-state index is 11.9. The molecule has 0 aliphatic carbocycles. The number of nitrogens with zero attached hydrogens (tertiary/aromatic N) is 3. The molecule has 1 heterocycles. The van der Waals surface area contributed by atoms with Crippen molar-refractivity contribution in [2.24, 2.45) is 5.73 Å². The lowest BCUT2D eigenvalue weighted by atomic mass is 10.2. The summed E-state index contributed by atoms with van der Waals surface area (Å²) in [5, 5.41) is 7.53. The van der Waals surface area contributed by atoms with E-state index in [0.29, 0.717) is 5.69 Å². The predicted molar refractivity (Wildman–Crippen MR) is 52.5 cm³/mol. The largest absolute Gasteiger partial charge is 0.389 e. The molecule has 2 N–H and O–H groups in total. The maximum atomic E-state index is 11.9. The minimum Gasteiger partial charge on any atom is -0.323 e. The monoisotopic (exact) mass is 236 g/mol. The first-order valence-corrected chi connectivity index (χ1v) is 5.14. The fourth-order valence-corrected chi connectivity index (χ4v) is 1.24. The SMILES string of the molecule is CCC(N)c1cn(CCCC(F)(F)F)nn1. The van der Waals surface area contributed by atoms with Crippen LogP contribution in [0.15, 0.2) is 6.20 Å². The molecule has 0 aromatic carbocycles. The molecule has 0 amide bonds. The summed E-state index contributed by atoms with van der Waals surface area (Å²) in [4.78, 5) is 0. The summed E-state index contributed by atoms with van der Waals surface area (Å²) in [6, 6.07) is -0.198. The van der Waals surface area contributed by atoms with Gasteiger partial charge in [-0.3, -0.25) is 4.68 Å². The van der Waals surface area contributed by atoms with Crippen molar-refractivity contribution in [2.45, 2.75) is 44.9 Å². The van der Waals surface area contributed by atoms with E-state index < -0.39 is 12.6 Å². The zero-order valence-electron chi connectivity index (χ0n) is 9.04. The molecule has 1 unspecified atom stereocenters. The van der Waals surface area contributed by atoms with Gasteiger partial charge in [-0.2, -0.15) is 13.2 Å². The molecule has 0 bridgehead atoms. The highest BCUT2D eigenvalue weighted by molar-refractivity contribution is 4.98. The molecular weight excluding hydrogens is 221 g/mol. The molecule has 7 heteroatoms. The van der Waals surface area contributed by atoms with E-state index in [9.17, 15) is 13.2 Å². The molecule has 1 aromatic rings. The van der Waals surface area contributed by atoms with Crippen LogP contribution in [0.4, 0.5) is 13.2 Å². The third kappa shape index (κ3) is 4.18. The molecule has 0 saturated carbocycles. The van der Waals surface area contributed by atoms with E-state index in [-0.39, 0.29) is 19.0 Å². The lowest BCUT2D eigenvalue weighted by Gasteiger charge is -2.05. The van der Waals surface area contributed by atoms with Gasteiger partial charge in [0.1, 0.15) is 0 Å². The van der Waals surface area contributed by atoms with Crippen LogP contribution in [0, 0.1) is 0 Å². The second kappa shape index (κ2) is 5.29. The van der Waals surface area contributed by atoms with Crippen LogP contribution < -0.4 is 5.73 Å². The number of alkyl halides is 3. The minimum atomic E-state index is -4.11. The van der Waals surface area contributed by atoms with Gasteiger partial charge in [0, 0.05) is 13.0 Å². The van der Waals surface area contributed by atoms with Crippen LogP contribution in [-0.4, -0.2) is 21.2 Å². The van der Waals surface area contributed by atoms with E-state index in [4.69, 9.17) is 5.73 Å². The molecule has 0 aliphatic heterocycles. The summed E-state index contributed by atoms with van der Waals surface area (Å²) >= 11 is 0. The molecule has 0 spiro atoms. The Morgan fingerprint density at radius 2 is 2.19 bits per heavy atom. The number of aromatic nitrogens is 3. The van der Waals surface area contributed by atoms with Gasteiger partial charge >= 0.3 is 6.18 Å². The number of halogens is 3. The highest BCUT2D eigenvalue weighted by Gasteiger charge is 2.26. The predicted octanol–water partition coefficient (Wildman–Crippen LogP) is 2.03. The topological polar surface area (TPSA) is 56.7 Å². The lowest BCUT2D eigenvalue weighted by molar-refractivity contribution is -0.136. The standard InChI is InChI=1S/C9H15F3N4/c1-2-7(13)8-6-16(15-14-8)5-3-4-9(10,11)12/h6-7H,2-5,13H2,1H3. The van der Waals surface area contributed by atoms with Crippen LogP contribution in [0.25, 0.3) is 0 Å². The number of nitrogens with two attached hydrogens (primary N) is 1. The van der Waals surface area contributed by atoms with Crippen LogP contribution in [0.3, 0.4) is 0 Å². The van der Waals surface area contributed by atoms with Gasteiger partial charge in [0.25, 0.3) is 0 Å². The van der Waals surface area contributed by atoms with E-state index in [2.05, 4.69) is 10.3 Å². The molecule has 92 valence electrons. The Labute approximate surface area is 91.6 Å². The summed E-state index contributed by atoms with van der Waals surface area (Å²) in [7, 11) is 0. The third-order valence-electron chi connectivity index (χ3n) is 2.22. The molecule has 1 rings (SSSR count). The van der Waals surface area contributed by atoms with Crippen molar-refractivity contribution in [1.29, 1.82) is 0 Å². The molecule has 1 atom stereocenters. The van der Waals surface area contributed by atoms with E-state index in [1.54, 1.807) is 6.20 Å². The van der Waals surface area contributed by atoms with Gasteiger partial charge in [-0.25, -0.2) is 0 Å². The zero-order chi connectivity index (χ0) is 12.2. The van der Waals surface area contributed by atoms with Crippen molar-refractivity contribution < 1.29 is 13.2 Å². The molecule has 0 saturated heterocycles. The van der Waals surface area contributed by atoms with Gasteiger partial charge in [0.2, 0.25) is 0 Å². The van der Waals surface area contributed by atoms with Crippen molar-refractivity contribution in [2.75, 3.05) is 0 Å². The first kappa shape index (κ1) is 13.0. The zero-order valence-corrected chi connectivity index (χ0v) is 9.04. The lowest BCUT2D eigenvalue weighted by Crippen LogP contribution is -2.10. The summed E-state index contributed by atoms with van der Waals surface area (Å²) in [5.41, 5.74) is 6.33. The maximum Gasteiger partial charge on any atom is 0.389 e. The minimum absolute atomic E-state index is 0.00760. The highest BCUT2D eigenvalue weighted by atomic mass is 19.4. The molecule has 4 nitrogen and oxygen atoms in total. The summed E-state index contributed by atoms with van der Waals surface area (Å²) in [5.74, 6) is 0. The second-order valence-electron chi connectivity index (χ2n) is 3.64. The molecular formula is C9H15F3N4. The van der Waals surface area contributed by atoms with Gasteiger partial charge in [0.05, 0.1) is 17.9 Å². The first-order chi connectivity index (χ1) is 7.42. The van der Waals surface area contributed by atoms with E-state index >= 15 is 0 Å². The Balaban J connectivity index is 2.41. The molecule has 0 radical (unpaired) electrons. The van der Waals surface area contributed by atoms with Gasteiger partial charge in [0.15, 0.2) is 0 Å². The van der Waals surface area contributed by atoms with Crippen LogP contribution in [0.1, 0.15) is 37.9 Å². The summed E-state index contributed by atoms with van der Waals surface area (Å²) in [6.45, 7) is 2.12. The van der Waals surface area contributed by atoms with Crippen molar-refractivity contribution in [1.82, 2.24) is 15.0 Å². The molecule has 0 fully saturated rings. The summed E-state index contributed by atoms with van der Waals surface area (Å²) in [6.07, 6.45) is -2.58. The number of hydrogen-bond donors (Lipinski definition) is 1. The van der Waals surface area contributed by atoms with E-state index in [1.165, 1.54) is 4.68 Å². The number of hydrogen-bond acceptors (Lipinski definition) is 3. The van der Waals surface area contributed by atoms with Crippen LogP contribution in [0.5, 0.6) is 0 Å². The van der Waals surface area contributed by atoms with Crippen molar-refractivity contribution in [3.8, 4) is 0 Å². The average molecular weight is 236 g/mol. The van der Waals surface area contributed by atoms with Crippen molar-refractivity contribution in [3.63, 3.8) is 0 Å². The molecule has 0 aliphatic rings. The van der Waals surface area contributed by atoms with Crippen molar-refractivity contribution >= 4 is 0 Å². The van der Waals surface area contributed by atoms with Gasteiger partial charge in [-0.1, -0.05) is 12.1 Å². The van der Waals surface area contributed by atoms with Gasteiger partial charge < -0.3 is 5.73 Å². The van der Waals surface area contributed by atoms with Crippen LogP contribution >= 0.6 is 0 Å². The quantitative estimate of drug-likeness (QED) is 0.851. The highest BCUT2D eigenvalue weighted by Crippen LogP contribution is 2.21. The Hall–Kier alpha value is -1.11. The number of aryl methyl sites for hydroxylation is 1. The number of rotatable bonds is 5. The fourth-order valence-electron chi connectivity index (χ4n) is 1.24. The van der Waals surface area contributed by atoms with E-state index in [0.717, 1.165) is 6.42 Å². The first-order valence-electron chi connectivity index (χ1n) is 5.14. The third-order valence-corrected chi connectivity index (χ3v) is 2.22. The molecule has 16 heavy (non-hydrogen) atoms. The fraction of sp³-hybridized carbons (Fsp3) is 0.778. The average Bonchev–Trinajstić information content (AvgIpc) is 2.63. The summed E-state index contributed by atoms with van der Waals surface area (Å²) < 4.78 is 37.0.